The third-order valence-electron chi connectivity index (χ3n) is 2.43. The molecule has 0 spiro atoms. The van der Waals surface area contributed by atoms with Gasteiger partial charge in [-0.25, -0.2) is 0 Å². The Morgan fingerprint density at radius 2 is 1.93 bits per heavy atom. The van der Waals surface area contributed by atoms with Gasteiger partial charge in [0.1, 0.15) is 0 Å². The van der Waals surface area contributed by atoms with Gasteiger partial charge in [0.15, 0.2) is 0 Å². The minimum Gasteiger partial charge on any atom is -0.379 e. The Morgan fingerprint density at radius 1 is 1.33 bits per heavy atom. The molecular weight excluding hydrogens is 186 g/mol. The molecule has 0 aliphatic carbocycles. The van der Waals surface area contributed by atoms with Gasteiger partial charge in [-0.3, -0.25) is 0 Å². The van der Waals surface area contributed by atoms with E-state index in [1.807, 2.05) is 0 Å². The van der Waals surface area contributed by atoms with Gasteiger partial charge < -0.3 is 10.1 Å². The van der Waals surface area contributed by atoms with Crippen LogP contribution in [0.3, 0.4) is 0 Å². The van der Waals surface area contributed by atoms with Crippen LogP contribution in [-0.2, 0) is 4.74 Å². The molecule has 0 rings (SSSR count). The normalized spacial score (nSPS) is 15.1. The lowest BCUT2D eigenvalue weighted by atomic mass is 9.97. The molecule has 0 saturated heterocycles. The second-order valence-electron chi connectivity index (χ2n) is 4.67. The fourth-order valence-corrected chi connectivity index (χ4v) is 1.77. The summed E-state index contributed by atoms with van der Waals surface area (Å²) in [7, 11) is 1.80. The van der Waals surface area contributed by atoms with Crippen LogP contribution in [0.15, 0.2) is 11.6 Å². The highest BCUT2D eigenvalue weighted by Crippen LogP contribution is 2.13. The number of allylic oxidation sites excluding steroid dienone is 1. The van der Waals surface area contributed by atoms with Crippen molar-refractivity contribution in [3.8, 4) is 0 Å². The van der Waals surface area contributed by atoms with E-state index in [1.54, 1.807) is 7.11 Å². The summed E-state index contributed by atoms with van der Waals surface area (Å²) in [6.45, 7) is 11.9. The quantitative estimate of drug-likeness (QED) is 0.656. The largest absolute Gasteiger partial charge is 0.379 e. The molecule has 15 heavy (non-hydrogen) atoms. The first-order chi connectivity index (χ1) is 7.02. The third-order valence-corrected chi connectivity index (χ3v) is 2.43. The number of hydrogen-bond acceptors (Lipinski definition) is 2. The maximum Gasteiger partial charge on any atom is 0.0782 e. The second kappa shape index (κ2) is 7.89. The van der Waals surface area contributed by atoms with Crippen molar-refractivity contribution in [3.63, 3.8) is 0 Å². The van der Waals surface area contributed by atoms with Crippen LogP contribution in [0.4, 0.5) is 0 Å². The molecule has 0 heterocycles. The van der Waals surface area contributed by atoms with Crippen molar-refractivity contribution in [2.75, 3.05) is 13.7 Å². The SMILES string of the molecule is CCCNC(C=C(C)C)C(OC)C(C)C. The molecule has 1 N–H and O–H groups in total. The monoisotopic (exact) mass is 213 g/mol. The van der Waals surface area contributed by atoms with Crippen LogP contribution in [0.5, 0.6) is 0 Å². The lowest BCUT2D eigenvalue weighted by molar-refractivity contribution is 0.0458. The topological polar surface area (TPSA) is 21.3 Å². The molecule has 0 amide bonds. The lowest BCUT2D eigenvalue weighted by Gasteiger charge is -2.28. The van der Waals surface area contributed by atoms with Crippen molar-refractivity contribution >= 4 is 0 Å². The summed E-state index contributed by atoms with van der Waals surface area (Å²) >= 11 is 0. The van der Waals surface area contributed by atoms with Crippen LogP contribution in [0, 0.1) is 5.92 Å². The third kappa shape index (κ3) is 5.95. The summed E-state index contributed by atoms with van der Waals surface area (Å²) in [5.74, 6) is 0.528. The van der Waals surface area contributed by atoms with E-state index in [4.69, 9.17) is 4.74 Å². The Hall–Kier alpha value is -0.340. The predicted molar refractivity (Wildman–Crippen MR) is 67.1 cm³/mol. The highest BCUT2D eigenvalue weighted by Gasteiger charge is 2.21. The predicted octanol–water partition coefficient (Wildman–Crippen LogP) is 2.99. The molecule has 0 saturated carbocycles. The van der Waals surface area contributed by atoms with Gasteiger partial charge in [0, 0.05) is 7.11 Å². The van der Waals surface area contributed by atoms with Gasteiger partial charge in [0.05, 0.1) is 12.1 Å². The average Bonchev–Trinajstić information content (AvgIpc) is 2.13. The van der Waals surface area contributed by atoms with Crippen molar-refractivity contribution in [2.45, 2.75) is 53.2 Å². The number of hydrogen-bond donors (Lipinski definition) is 1. The number of nitrogens with one attached hydrogen (secondary N) is 1. The average molecular weight is 213 g/mol. The van der Waals surface area contributed by atoms with Crippen LogP contribution in [0.1, 0.15) is 41.0 Å². The van der Waals surface area contributed by atoms with Gasteiger partial charge in [-0.1, -0.05) is 32.4 Å². The smallest absolute Gasteiger partial charge is 0.0782 e. The highest BCUT2D eigenvalue weighted by molar-refractivity contribution is 5.04. The molecule has 0 aromatic rings. The Morgan fingerprint density at radius 3 is 2.27 bits per heavy atom. The van der Waals surface area contributed by atoms with Crippen LogP contribution in [-0.4, -0.2) is 25.8 Å². The van der Waals surface area contributed by atoms with E-state index in [9.17, 15) is 0 Å². The molecule has 2 unspecified atom stereocenters. The molecule has 0 aliphatic heterocycles. The molecule has 0 radical (unpaired) electrons. The van der Waals surface area contributed by atoms with Crippen LogP contribution < -0.4 is 5.32 Å². The Bertz CT molecular complexity index is 183. The molecule has 0 aromatic carbocycles. The van der Waals surface area contributed by atoms with Gasteiger partial charge in [-0.05, 0) is 32.7 Å². The van der Waals surface area contributed by atoms with Crippen molar-refractivity contribution < 1.29 is 4.74 Å². The van der Waals surface area contributed by atoms with Crippen molar-refractivity contribution in [3.05, 3.63) is 11.6 Å². The minimum absolute atomic E-state index is 0.256. The van der Waals surface area contributed by atoms with Crippen molar-refractivity contribution in [1.29, 1.82) is 0 Å². The van der Waals surface area contributed by atoms with E-state index >= 15 is 0 Å². The summed E-state index contributed by atoms with van der Waals surface area (Å²) in [6, 6.07) is 0.333. The van der Waals surface area contributed by atoms with Crippen LogP contribution in [0.2, 0.25) is 0 Å². The first kappa shape index (κ1) is 14.7. The molecule has 0 aliphatic rings. The molecular formula is C13H27NO. The molecule has 0 fully saturated rings. The minimum atomic E-state index is 0.256. The van der Waals surface area contributed by atoms with Gasteiger partial charge in [-0.15, -0.1) is 0 Å². The van der Waals surface area contributed by atoms with Crippen LogP contribution in [0.25, 0.3) is 0 Å². The Labute approximate surface area is 95.1 Å². The molecule has 90 valence electrons. The van der Waals surface area contributed by atoms with E-state index < -0.39 is 0 Å². The van der Waals surface area contributed by atoms with Gasteiger partial charge in [0.2, 0.25) is 0 Å². The first-order valence-corrected chi connectivity index (χ1v) is 5.94. The fraction of sp³-hybridized carbons (Fsp3) is 0.846. The van der Waals surface area contributed by atoms with Gasteiger partial charge in [-0.2, -0.15) is 0 Å². The maximum atomic E-state index is 5.56. The van der Waals surface area contributed by atoms with Crippen molar-refractivity contribution in [1.82, 2.24) is 5.32 Å². The van der Waals surface area contributed by atoms with E-state index in [0.717, 1.165) is 13.0 Å². The zero-order chi connectivity index (χ0) is 11.8. The fourth-order valence-electron chi connectivity index (χ4n) is 1.77. The second-order valence-corrected chi connectivity index (χ2v) is 4.67. The Kier molecular flexibility index (Phi) is 7.71. The molecule has 0 bridgehead atoms. The summed E-state index contributed by atoms with van der Waals surface area (Å²) in [4.78, 5) is 0. The van der Waals surface area contributed by atoms with Gasteiger partial charge >= 0.3 is 0 Å². The van der Waals surface area contributed by atoms with E-state index in [-0.39, 0.29) is 6.10 Å². The van der Waals surface area contributed by atoms with Gasteiger partial charge in [0.25, 0.3) is 0 Å². The zero-order valence-corrected chi connectivity index (χ0v) is 11.1. The molecule has 2 atom stereocenters. The first-order valence-electron chi connectivity index (χ1n) is 5.94. The number of ether oxygens (including phenoxy) is 1. The van der Waals surface area contributed by atoms with E-state index in [0.29, 0.717) is 12.0 Å². The summed E-state index contributed by atoms with van der Waals surface area (Å²) < 4.78 is 5.56. The molecule has 0 aromatic heterocycles. The molecule has 2 nitrogen and oxygen atoms in total. The standard InChI is InChI=1S/C13H27NO/c1-7-8-14-12(9-10(2)3)13(15-6)11(4)5/h9,11-14H,7-8H2,1-6H3. The van der Waals surface area contributed by atoms with Crippen LogP contribution >= 0.6 is 0 Å². The Balaban J connectivity index is 4.50. The summed E-state index contributed by atoms with van der Waals surface area (Å²) in [5, 5.41) is 3.53. The lowest BCUT2D eigenvalue weighted by Crippen LogP contribution is -2.42. The highest BCUT2D eigenvalue weighted by atomic mass is 16.5. The van der Waals surface area contributed by atoms with E-state index in [1.165, 1.54) is 5.57 Å². The summed E-state index contributed by atoms with van der Waals surface area (Å²) in [5.41, 5.74) is 1.34. The van der Waals surface area contributed by atoms with E-state index in [2.05, 4.69) is 46.0 Å². The maximum absolute atomic E-state index is 5.56. The molecule has 2 heteroatoms. The zero-order valence-electron chi connectivity index (χ0n) is 11.1. The summed E-state index contributed by atoms with van der Waals surface area (Å²) in [6.07, 6.45) is 3.68. The van der Waals surface area contributed by atoms with Crippen molar-refractivity contribution in [2.24, 2.45) is 5.92 Å². The number of rotatable bonds is 7. The number of methoxy groups -OCH3 is 1.